The summed E-state index contributed by atoms with van der Waals surface area (Å²) in [6, 6.07) is 0.112. The largest absolute Gasteiger partial charge is 0.376 e. The lowest BCUT2D eigenvalue weighted by Gasteiger charge is -2.37. The average Bonchev–Trinajstić information content (AvgIpc) is 2.94. The second kappa shape index (κ2) is 6.20. The fourth-order valence-corrected chi connectivity index (χ4v) is 3.74. The fourth-order valence-electron chi connectivity index (χ4n) is 2.79. The van der Waals surface area contributed by atoms with Gasteiger partial charge in [-0.1, -0.05) is 0 Å². The van der Waals surface area contributed by atoms with E-state index in [9.17, 15) is 4.79 Å². The summed E-state index contributed by atoms with van der Waals surface area (Å²) in [6.45, 7) is 4.25. The van der Waals surface area contributed by atoms with Crippen molar-refractivity contribution in [2.45, 2.75) is 38.3 Å². The molecule has 2 aliphatic heterocycles. The van der Waals surface area contributed by atoms with Crippen LogP contribution in [-0.2, 0) is 14.3 Å². The molecule has 20 heavy (non-hydrogen) atoms. The molecule has 0 aromatic carbocycles. The SMILES string of the molecule is Cc1csc([C@H]2CCCCN2C(=O)[C@H]2COCCO2)n1. The van der Waals surface area contributed by atoms with Crippen molar-refractivity contribution in [2.75, 3.05) is 26.4 Å². The van der Waals surface area contributed by atoms with Crippen molar-refractivity contribution in [3.8, 4) is 0 Å². The smallest absolute Gasteiger partial charge is 0.254 e. The van der Waals surface area contributed by atoms with Crippen LogP contribution < -0.4 is 0 Å². The van der Waals surface area contributed by atoms with Gasteiger partial charge in [-0.3, -0.25) is 4.79 Å². The number of aromatic nitrogens is 1. The Morgan fingerprint density at radius 2 is 2.35 bits per heavy atom. The summed E-state index contributed by atoms with van der Waals surface area (Å²) in [5.41, 5.74) is 1.03. The van der Waals surface area contributed by atoms with Crippen molar-refractivity contribution in [3.63, 3.8) is 0 Å². The van der Waals surface area contributed by atoms with Gasteiger partial charge in [-0.15, -0.1) is 11.3 Å². The van der Waals surface area contributed by atoms with E-state index in [4.69, 9.17) is 9.47 Å². The van der Waals surface area contributed by atoms with Gasteiger partial charge >= 0.3 is 0 Å². The first-order valence-electron chi connectivity index (χ1n) is 7.17. The monoisotopic (exact) mass is 296 g/mol. The Kier molecular flexibility index (Phi) is 4.33. The van der Waals surface area contributed by atoms with Gasteiger partial charge in [-0.2, -0.15) is 0 Å². The Balaban J connectivity index is 1.76. The van der Waals surface area contributed by atoms with E-state index >= 15 is 0 Å². The molecule has 1 aromatic rings. The molecule has 5 nitrogen and oxygen atoms in total. The van der Waals surface area contributed by atoms with Crippen LogP contribution in [0.1, 0.15) is 36.0 Å². The number of likely N-dealkylation sites (tertiary alicyclic amines) is 1. The van der Waals surface area contributed by atoms with Gasteiger partial charge in [0, 0.05) is 17.6 Å². The molecule has 0 unspecified atom stereocenters. The normalized spacial score (nSPS) is 27.6. The van der Waals surface area contributed by atoms with Crippen molar-refractivity contribution < 1.29 is 14.3 Å². The van der Waals surface area contributed by atoms with Gasteiger partial charge in [-0.25, -0.2) is 4.98 Å². The van der Waals surface area contributed by atoms with Gasteiger partial charge < -0.3 is 14.4 Å². The molecule has 2 saturated heterocycles. The molecule has 1 aromatic heterocycles. The Bertz CT molecular complexity index is 471. The number of carbonyl (C=O) groups excluding carboxylic acids is 1. The zero-order chi connectivity index (χ0) is 13.9. The van der Waals surface area contributed by atoms with E-state index in [0.717, 1.165) is 36.5 Å². The lowest BCUT2D eigenvalue weighted by atomic mass is 10.0. The number of aryl methyl sites for hydroxylation is 1. The first kappa shape index (κ1) is 14.0. The summed E-state index contributed by atoms with van der Waals surface area (Å²) >= 11 is 1.65. The van der Waals surface area contributed by atoms with E-state index in [-0.39, 0.29) is 11.9 Å². The van der Waals surface area contributed by atoms with Crippen molar-refractivity contribution in [3.05, 3.63) is 16.1 Å². The van der Waals surface area contributed by atoms with Crippen molar-refractivity contribution in [1.29, 1.82) is 0 Å². The minimum Gasteiger partial charge on any atom is -0.376 e. The molecule has 0 N–H and O–H groups in total. The summed E-state index contributed by atoms with van der Waals surface area (Å²) in [5.74, 6) is 0.0576. The third kappa shape index (κ3) is 2.87. The molecule has 6 heteroatoms. The number of nitrogens with zero attached hydrogens (tertiary/aromatic N) is 2. The van der Waals surface area contributed by atoms with Gasteiger partial charge in [0.05, 0.1) is 25.9 Å². The summed E-state index contributed by atoms with van der Waals surface area (Å²) in [7, 11) is 0. The van der Waals surface area contributed by atoms with Crippen LogP contribution in [0, 0.1) is 6.92 Å². The molecular weight excluding hydrogens is 276 g/mol. The highest BCUT2D eigenvalue weighted by atomic mass is 32.1. The van der Waals surface area contributed by atoms with Crippen LogP contribution in [-0.4, -0.2) is 48.3 Å². The Morgan fingerprint density at radius 1 is 1.45 bits per heavy atom. The van der Waals surface area contributed by atoms with Crippen LogP contribution in [0.2, 0.25) is 0 Å². The number of rotatable bonds is 2. The minimum atomic E-state index is -0.439. The number of thiazole rings is 1. The third-order valence-corrected chi connectivity index (χ3v) is 4.86. The van der Waals surface area contributed by atoms with Crippen molar-refractivity contribution >= 4 is 17.2 Å². The van der Waals surface area contributed by atoms with E-state index < -0.39 is 6.10 Å². The highest BCUT2D eigenvalue weighted by Crippen LogP contribution is 2.33. The molecule has 110 valence electrons. The summed E-state index contributed by atoms with van der Waals surface area (Å²) < 4.78 is 10.9. The predicted octanol–water partition coefficient (Wildman–Crippen LogP) is 1.92. The first-order valence-corrected chi connectivity index (χ1v) is 8.05. The van der Waals surface area contributed by atoms with E-state index in [1.807, 2.05) is 17.2 Å². The van der Waals surface area contributed by atoms with Crippen molar-refractivity contribution in [2.24, 2.45) is 0 Å². The topological polar surface area (TPSA) is 51.7 Å². The van der Waals surface area contributed by atoms with Crippen LogP contribution in [0.4, 0.5) is 0 Å². The first-order chi connectivity index (χ1) is 9.75. The molecular formula is C14H20N2O3S. The summed E-state index contributed by atoms with van der Waals surface area (Å²) in [6.07, 6.45) is 2.76. The van der Waals surface area contributed by atoms with E-state index in [0.29, 0.717) is 19.8 Å². The van der Waals surface area contributed by atoms with E-state index in [1.54, 1.807) is 11.3 Å². The summed E-state index contributed by atoms with van der Waals surface area (Å²) in [5, 5.41) is 3.10. The lowest BCUT2D eigenvalue weighted by molar-refractivity contribution is -0.161. The average molecular weight is 296 g/mol. The maximum atomic E-state index is 12.6. The second-order valence-corrected chi connectivity index (χ2v) is 6.19. The maximum Gasteiger partial charge on any atom is 0.254 e. The quantitative estimate of drug-likeness (QED) is 0.836. The van der Waals surface area contributed by atoms with Crippen LogP contribution in [0.5, 0.6) is 0 Å². The second-order valence-electron chi connectivity index (χ2n) is 5.30. The Hall–Kier alpha value is -0.980. The molecule has 2 fully saturated rings. The number of amides is 1. The zero-order valence-electron chi connectivity index (χ0n) is 11.7. The predicted molar refractivity (Wildman–Crippen MR) is 75.7 cm³/mol. The molecule has 1 amide bonds. The van der Waals surface area contributed by atoms with E-state index in [2.05, 4.69) is 4.98 Å². The molecule has 3 heterocycles. The highest BCUT2D eigenvalue weighted by molar-refractivity contribution is 7.09. The van der Waals surface area contributed by atoms with Crippen LogP contribution >= 0.6 is 11.3 Å². The van der Waals surface area contributed by atoms with Gasteiger partial charge in [0.15, 0.2) is 6.10 Å². The molecule has 0 bridgehead atoms. The van der Waals surface area contributed by atoms with Gasteiger partial charge in [-0.05, 0) is 26.2 Å². The number of ether oxygens (including phenoxy) is 2. The van der Waals surface area contributed by atoms with Crippen LogP contribution in [0.3, 0.4) is 0 Å². The molecule has 0 saturated carbocycles. The van der Waals surface area contributed by atoms with Crippen LogP contribution in [0.15, 0.2) is 5.38 Å². The molecule has 0 aliphatic carbocycles. The Morgan fingerprint density at radius 3 is 3.05 bits per heavy atom. The Labute approximate surface area is 122 Å². The zero-order valence-corrected chi connectivity index (χ0v) is 12.5. The van der Waals surface area contributed by atoms with E-state index in [1.165, 1.54) is 0 Å². The number of carbonyl (C=O) groups is 1. The molecule has 2 aliphatic rings. The molecule has 3 rings (SSSR count). The van der Waals surface area contributed by atoms with Gasteiger partial charge in [0.25, 0.3) is 5.91 Å². The summed E-state index contributed by atoms with van der Waals surface area (Å²) in [4.78, 5) is 19.2. The lowest BCUT2D eigenvalue weighted by Crippen LogP contribution is -2.48. The fraction of sp³-hybridized carbons (Fsp3) is 0.714. The molecule has 0 spiro atoms. The number of piperidine rings is 1. The van der Waals surface area contributed by atoms with Crippen LogP contribution in [0.25, 0.3) is 0 Å². The minimum absolute atomic E-state index is 0.0576. The number of hydrogen-bond donors (Lipinski definition) is 0. The highest BCUT2D eigenvalue weighted by Gasteiger charge is 2.35. The maximum absolute atomic E-state index is 12.6. The standard InChI is InChI=1S/C14H20N2O3S/c1-10-9-20-13(15-10)11-4-2-3-5-16(11)14(17)12-8-18-6-7-19-12/h9,11-12H,2-8H2,1H3/t11-,12-/m1/s1. The molecule has 2 atom stereocenters. The van der Waals surface area contributed by atoms with Crippen molar-refractivity contribution in [1.82, 2.24) is 9.88 Å². The van der Waals surface area contributed by atoms with Gasteiger partial charge in [0.2, 0.25) is 0 Å². The molecule has 0 radical (unpaired) electrons. The third-order valence-electron chi connectivity index (χ3n) is 3.80. The number of hydrogen-bond acceptors (Lipinski definition) is 5. The van der Waals surface area contributed by atoms with Gasteiger partial charge in [0.1, 0.15) is 5.01 Å².